The van der Waals surface area contributed by atoms with Gasteiger partial charge in [0.15, 0.2) is 0 Å². The predicted octanol–water partition coefficient (Wildman–Crippen LogP) is 4.45. The van der Waals surface area contributed by atoms with Gasteiger partial charge in [0.1, 0.15) is 0 Å². The van der Waals surface area contributed by atoms with Crippen molar-refractivity contribution in [3.63, 3.8) is 0 Å². The first-order valence-corrected chi connectivity index (χ1v) is 10.8. The Morgan fingerprint density at radius 3 is 1.75 bits per heavy atom. The van der Waals surface area contributed by atoms with Crippen molar-refractivity contribution in [2.75, 3.05) is 6.54 Å². The van der Waals surface area contributed by atoms with Crippen molar-refractivity contribution in [1.82, 2.24) is 10.6 Å². The number of carbonyl (C=O) groups is 1. The van der Waals surface area contributed by atoms with Crippen molar-refractivity contribution >= 4 is 5.91 Å². The van der Waals surface area contributed by atoms with Gasteiger partial charge >= 0.3 is 0 Å². The zero-order valence-corrected chi connectivity index (χ0v) is 16.4. The van der Waals surface area contributed by atoms with Gasteiger partial charge in [0, 0.05) is 5.54 Å². The van der Waals surface area contributed by atoms with Crippen LogP contribution >= 0.6 is 0 Å². The number of hydrogen-bond acceptors (Lipinski definition) is 2. The minimum absolute atomic E-state index is 0.0912. The summed E-state index contributed by atoms with van der Waals surface area (Å²) in [6.07, 6.45) is 8.10. The van der Waals surface area contributed by atoms with E-state index in [1.165, 1.54) is 38.5 Å². The molecule has 0 radical (unpaired) electrons. The molecule has 0 unspecified atom stereocenters. The first-order valence-electron chi connectivity index (χ1n) is 10.8. The summed E-state index contributed by atoms with van der Waals surface area (Å²) in [4.78, 5) is 12.9. The molecule has 3 nitrogen and oxygen atoms in total. The normalized spacial score (nSPS) is 30.5. The zero-order chi connectivity index (χ0) is 19.0. The molecule has 0 aromatic heterocycles. The van der Waals surface area contributed by atoms with E-state index in [1.807, 2.05) is 36.4 Å². The summed E-state index contributed by atoms with van der Waals surface area (Å²) in [5.41, 5.74) is 2.47. The molecule has 1 amide bonds. The SMILES string of the molecule is O=C(CNC12CC3CC(CC(C3)C1)C2)NC(c1ccccc1)c1ccccc1. The highest BCUT2D eigenvalue weighted by Gasteiger charge is 2.50. The first-order chi connectivity index (χ1) is 13.7. The standard InChI is InChI=1S/C25H30N2O/c28-23(17-26-25-14-18-11-19(15-25)13-20(12-18)16-25)27-24(21-7-3-1-4-8-21)22-9-5-2-6-10-22/h1-10,18-20,24,26H,11-17H2,(H,27,28). The van der Waals surface area contributed by atoms with Crippen molar-refractivity contribution in [2.24, 2.45) is 17.8 Å². The lowest BCUT2D eigenvalue weighted by atomic mass is 9.53. The summed E-state index contributed by atoms with van der Waals surface area (Å²) in [5, 5.41) is 7.00. The minimum atomic E-state index is -0.104. The van der Waals surface area contributed by atoms with Gasteiger partial charge in [-0.25, -0.2) is 0 Å². The molecule has 28 heavy (non-hydrogen) atoms. The summed E-state index contributed by atoms with van der Waals surface area (Å²) < 4.78 is 0. The van der Waals surface area contributed by atoms with Crippen molar-refractivity contribution in [3.8, 4) is 0 Å². The molecule has 3 heteroatoms. The van der Waals surface area contributed by atoms with Crippen LogP contribution in [0.25, 0.3) is 0 Å². The maximum atomic E-state index is 12.9. The van der Waals surface area contributed by atoms with Crippen LogP contribution in [0.4, 0.5) is 0 Å². The number of hydrogen-bond donors (Lipinski definition) is 2. The highest BCUT2D eigenvalue weighted by molar-refractivity contribution is 5.79. The second-order valence-corrected chi connectivity index (χ2v) is 9.37. The van der Waals surface area contributed by atoms with Crippen molar-refractivity contribution in [2.45, 2.75) is 50.1 Å². The third-order valence-electron chi connectivity index (χ3n) is 7.23. The van der Waals surface area contributed by atoms with E-state index in [2.05, 4.69) is 34.9 Å². The molecule has 146 valence electrons. The van der Waals surface area contributed by atoms with Crippen LogP contribution in [0, 0.1) is 17.8 Å². The fourth-order valence-corrected chi connectivity index (χ4v) is 6.46. The molecule has 0 spiro atoms. The molecule has 4 fully saturated rings. The lowest BCUT2D eigenvalue weighted by Crippen LogP contribution is -2.59. The Kier molecular flexibility index (Phi) is 4.72. The van der Waals surface area contributed by atoms with E-state index in [4.69, 9.17) is 0 Å². The molecule has 4 saturated carbocycles. The second kappa shape index (κ2) is 7.36. The van der Waals surface area contributed by atoms with E-state index in [0.29, 0.717) is 6.54 Å². The first kappa shape index (κ1) is 17.9. The molecule has 6 rings (SSSR count). The molecular weight excluding hydrogens is 344 g/mol. The minimum Gasteiger partial charge on any atom is -0.344 e. The molecule has 4 aliphatic rings. The van der Waals surface area contributed by atoms with Crippen LogP contribution in [0.15, 0.2) is 60.7 Å². The van der Waals surface area contributed by atoms with Crippen molar-refractivity contribution < 1.29 is 4.79 Å². The van der Waals surface area contributed by atoms with Gasteiger partial charge in [-0.3, -0.25) is 4.79 Å². The van der Waals surface area contributed by atoms with Crippen LogP contribution in [0.2, 0.25) is 0 Å². The summed E-state index contributed by atoms with van der Waals surface area (Å²) in [5.74, 6) is 2.77. The Hall–Kier alpha value is -2.13. The maximum Gasteiger partial charge on any atom is 0.234 e. The van der Waals surface area contributed by atoms with Gasteiger partial charge in [-0.05, 0) is 67.4 Å². The van der Waals surface area contributed by atoms with Gasteiger partial charge in [-0.15, -0.1) is 0 Å². The van der Waals surface area contributed by atoms with E-state index in [0.717, 1.165) is 28.9 Å². The van der Waals surface area contributed by atoms with Crippen molar-refractivity contribution in [1.29, 1.82) is 0 Å². The van der Waals surface area contributed by atoms with Crippen LogP contribution in [-0.4, -0.2) is 18.0 Å². The topological polar surface area (TPSA) is 41.1 Å². The van der Waals surface area contributed by atoms with Gasteiger partial charge in [0.25, 0.3) is 0 Å². The summed E-state index contributed by atoms with van der Waals surface area (Å²) in [7, 11) is 0. The monoisotopic (exact) mass is 374 g/mol. The molecule has 4 bridgehead atoms. The van der Waals surface area contributed by atoms with Gasteiger partial charge in [-0.1, -0.05) is 60.7 Å². The Balaban J connectivity index is 1.27. The molecule has 0 saturated heterocycles. The average Bonchev–Trinajstić information content (AvgIpc) is 2.71. The van der Waals surface area contributed by atoms with Crippen LogP contribution < -0.4 is 10.6 Å². The maximum absolute atomic E-state index is 12.9. The van der Waals surface area contributed by atoms with E-state index in [1.54, 1.807) is 0 Å². The lowest BCUT2D eigenvalue weighted by molar-refractivity contribution is -0.122. The molecule has 2 aromatic rings. The van der Waals surface area contributed by atoms with Crippen molar-refractivity contribution in [3.05, 3.63) is 71.8 Å². The van der Waals surface area contributed by atoms with Gasteiger partial charge in [-0.2, -0.15) is 0 Å². The van der Waals surface area contributed by atoms with Crippen LogP contribution in [0.5, 0.6) is 0 Å². The summed E-state index contributed by atoms with van der Waals surface area (Å²) in [6.45, 7) is 0.419. The van der Waals surface area contributed by atoms with Crippen LogP contribution in [0.1, 0.15) is 55.7 Å². The number of nitrogens with one attached hydrogen (secondary N) is 2. The van der Waals surface area contributed by atoms with E-state index >= 15 is 0 Å². The number of amides is 1. The van der Waals surface area contributed by atoms with Crippen LogP contribution in [-0.2, 0) is 4.79 Å². The Morgan fingerprint density at radius 1 is 0.821 bits per heavy atom. The zero-order valence-electron chi connectivity index (χ0n) is 16.4. The number of rotatable bonds is 6. The molecule has 2 aromatic carbocycles. The predicted molar refractivity (Wildman–Crippen MR) is 112 cm³/mol. The third kappa shape index (κ3) is 3.60. The van der Waals surface area contributed by atoms with Gasteiger partial charge in [0.05, 0.1) is 12.6 Å². The summed E-state index contributed by atoms with van der Waals surface area (Å²) in [6, 6.07) is 20.4. The molecule has 4 aliphatic carbocycles. The Morgan fingerprint density at radius 2 is 1.29 bits per heavy atom. The smallest absolute Gasteiger partial charge is 0.234 e. The highest BCUT2D eigenvalue weighted by atomic mass is 16.2. The Labute approximate surface area is 167 Å². The van der Waals surface area contributed by atoms with E-state index in [9.17, 15) is 4.79 Å². The molecule has 0 heterocycles. The van der Waals surface area contributed by atoms with E-state index in [-0.39, 0.29) is 17.5 Å². The molecule has 0 atom stereocenters. The number of benzene rings is 2. The molecule has 0 aliphatic heterocycles. The highest BCUT2D eigenvalue weighted by Crippen LogP contribution is 2.55. The lowest BCUT2D eigenvalue weighted by Gasteiger charge is -2.57. The largest absolute Gasteiger partial charge is 0.344 e. The third-order valence-corrected chi connectivity index (χ3v) is 7.23. The van der Waals surface area contributed by atoms with Crippen LogP contribution in [0.3, 0.4) is 0 Å². The fourth-order valence-electron chi connectivity index (χ4n) is 6.46. The number of carbonyl (C=O) groups excluding carboxylic acids is 1. The Bertz CT molecular complexity index is 742. The quantitative estimate of drug-likeness (QED) is 0.784. The fraction of sp³-hybridized carbons (Fsp3) is 0.480. The van der Waals surface area contributed by atoms with Gasteiger partial charge in [0.2, 0.25) is 5.91 Å². The average molecular weight is 375 g/mol. The van der Waals surface area contributed by atoms with E-state index < -0.39 is 0 Å². The molecule has 2 N–H and O–H groups in total. The van der Waals surface area contributed by atoms with Gasteiger partial charge < -0.3 is 10.6 Å². The molecular formula is C25H30N2O. The summed E-state index contributed by atoms with van der Waals surface area (Å²) >= 11 is 0. The second-order valence-electron chi connectivity index (χ2n) is 9.37.